The molecule has 0 radical (unpaired) electrons. The second-order valence-corrected chi connectivity index (χ2v) is 5.00. The van der Waals surface area contributed by atoms with Crippen molar-refractivity contribution in [2.75, 3.05) is 20.6 Å². The molecule has 1 aromatic carbocycles. The zero-order chi connectivity index (χ0) is 13.1. The Hall–Kier alpha value is -1.55. The van der Waals surface area contributed by atoms with Crippen molar-refractivity contribution in [3.63, 3.8) is 0 Å². The average Bonchev–Trinajstić information content (AvgIpc) is 2.38. The third kappa shape index (κ3) is 2.48. The van der Waals surface area contributed by atoms with Crippen LogP contribution in [-0.4, -0.2) is 47.7 Å². The van der Waals surface area contributed by atoms with E-state index >= 15 is 0 Å². The minimum atomic E-state index is -0.824. The van der Waals surface area contributed by atoms with Crippen LogP contribution in [0.4, 0.5) is 4.79 Å². The van der Waals surface area contributed by atoms with E-state index in [1.165, 1.54) is 0 Å². The Labute approximate surface area is 108 Å². The summed E-state index contributed by atoms with van der Waals surface area (Å²) in [7, 11) is 4.04. The zero-order valence-corrected chi connectivity index (χ0v) is 10.9. The number of likely N-dealkylation sites (tertiary alicyclic amines) is 1. The van der Waals surface area contributed by atoms with Gasteiger partial charge in [0, 0.05) is 12.6 Å². The number of likely N-dealkylation sites (N-methyl/N-ethyl adjacent to an activating group) is 1. The molecule has 98 valence electrons. The van der Waals surface area contributed by atoms with Crippen molar-refractivity contribution in [2.24, 2.45) is 0 Å². The van der Waals surface area contributed by atoms with Crippen molar-refractivity contribution < 1.29 is 9.90 Å². The summed E-state index contributed by atoms with van der Waals surface area (Å²) in [6, 6.07) is 10.1. The first-order valence-electron chi connectivity index (χ1n) is 6.32. The van der Waals surface area contributed by atoms with Gasteiger partial charge in [0.25, 0.3) is 0 Å². The van der Waals surface area contributed by atoms with Crippen molar-refractivity contribution >= 4 is 6.09 Å². The number of carboxylic acid groups (broad SMARTS) is 1. The van der Waals surface area contributed by atoms with Crippen molar-refractivity contribution in [1.82, 2.24) is 9.80 Å². The molecule has 4 heteroatoms. The Kier molecular flexibility index (Phi) is 3.87. The lowest BCUT2D eigenvalue weighted by atomic mass is 9.90. The molecule has 2 atom stereocenters. The summed E-state index contributed by atoms with van der Waals surface area (Å²) in [5, 5.41) is 9.38. The van der Waals surface area contributed by atoms with Gasteiger partial charge < -0.3 is 10.0 Å². The molecule has 0 saturated carbocycles. The maximum Gasteiger partial charge on any atom is 0.407 e. The van der Waals surface area contributed by atoms with E-state index in [0.29, 0.717) is 6.54 Å². The van der Waals surface area contributed by atoms with Gasteiger partial charge in [0.05, 0.1) is 6.04 Å². The van der Waals surface area contributed by atoms with Crippen LogP contribution in [-0.2, 0) is 0 Å². The molecule has 0 aromatic heterocycles. The van der Waals surface area contributed by atoms with Gasteiger partial charge in [-0.1, -0.05) is 30.3 Å². The van der Waals surface area contributed by atoms with Crippen LogP contribution >= 0.6 is 0 Å². The number of benzene rings is 1. The highest BCUT2D eigenvalue weighted by atomic mass is 16.4. The highest BCUT2D eigenvalue weighted by Gasteiger charge is 2.36. The topological polar surface area (TPSA) is 43.8 Å². The Morgan fingerprint density at radius 3 is 2.56 bits per heavy atom. The average molecular weight is 248 g/mol. The predicted octanol–water partition coefficient (Wildman–Crippen LogP) is 2.43. The summed E-state index contributed by atoms with van der Waals surface area (Å²) in [5.74, 6) is 0. The van der Waals surface area contributed by atoms with Crippen LogP contribution in [0.15, 0.2) is 30.3 Å². The fraction of sp³-hybridized carbons (Fsp3) is 0.500. The third-order valence-corrected chi connectivity index (χ3v) is 3.65. The molecular weight excluding hydrogens is 228 g/mol. The van der Waals surface area contributed by atoms with E-state index in [1.54, 1.807) is 4.90 Å². The van der Waals surface area contributed by atoms with Crippen LogP contribution in [0.25, 0.3) is 0 Å². The molecule has 18 heavy (non-hydrogen) atoms. The molecule has 1 saturated heterocycles. The first kappa shape index (κ1) is 12.9. The normalized spacial score (nSPS) is 24.3. The number of piperidine rings is 1. The molecule has 2 unspecified atom stereocenters. The zero-order valence-electron chi connectivity index (χ0n) is 10.9. The van der Waals surface area contributed by atoms with Crippen molar-refractivity contribution in [2.45, 2.75) is 24.9 Å². The fourth-order valence-electron chi connectivity index (χ4n) is 2.78. The molecule has 0 aliphatic carbocycles. The molecule has 1 aliphatic rings. The second kappa shape index (κ2) is 5.40. The number of hydrogen-bond acceptors (Lipinski definition) is 2. The summed E-state index contributed by atoms with van der Waals surface area (Å²) in [6.45, 7) is 0.624. The van der Waals surface area contributed by atoms with Crippen LogP contribution in [0.2, 0.25) is 0 Å². The van der Waals surface area contributed by atoms with E-state index in [9.17, 15) is 9.90 Å². The molecule has 0 spiro atoms. The Morgan fingerprint density at radius 1 is 1.33 bits per heavy atom. The smallest absolute Gasteiger partial charge is 0.407 e. The predicted molar refractivity (Wildman–Crippen MR) is 70.6 cm³/mol. The summed E-state index contributed by atoms with van der Waals surface area (Å²) >= 11 is 0. The van der Waals surface area contributed by atoms with Gasteiger partial charge in [-0.15, -0.1) is 0 Å². The second-order valence-electron chi connectivity index (χ2n) is 5.00. The lowest BCUT2D eigenvalue weighted by Crippen LogP contribution is -2.49. The lowest BCUT2D eigenvalue weighted by Gasteiger charge is -2.43. The van der Waals surface area contributed by atoms with E-state index in [4.69, 9.17) is 0 Å². The highest BCUT2D eigenvalue weighted by molar-refractivity contribution is 5.66. The molecule has 1 fully saturated rings. The molecular formula is C14H20N2O2. The lowest BCUT2D eigenvalue weighted by molar-refractivity contribution is 0.0594. The molecule has 4 nitrogen and oxygen atoms in total. The quantitative estimate of drug-likeness (QED) is 0.874. The summed E-state index contributed by atoms with van der Waals surface area (Å²) in [4.78, 5) is 15.1. The first-order valence-corrected chi connectivity index (χ1v) is 6.32. The molecule has 0 bridgehead atoms. The Morgan fingerprint density at radius 2 is 2.00 bits per heavy atom. The third-order valence-electron chi connectivity index (χ3n) is 3.65. The SMILES string of the molecule is CN(C)C1CCCN(C(=O)O)C1c1ccccc1. The van der Waals surface area contributed by atoms with Crippen LogP contribution in [0.5, 0.6) is 0 Å². The van der Waals surface area contributed by atoms with Gasteiger partial charge in [-0.25, -0.2) is 4.79 Å². The maximum absolute atomic E-state index is 11.4. The van der Waals surface area contributed by atoms with E-state index in [0.717, 1.165) is 18.4 Å². The van der Waals surface area contributed by atoms with Crippen molar-refractivity contribution in [3.8, 4) is 0 Å². The van der Waals surface area contributed by atoms with Gasteiger partial charge in [-0.05, 0) is 32.5 Å². The van der Waals surface area contributed by atoms with Gasteiger partial charge in [0.15, 0.2) is 0 Å². The number of rotatable bonds is 2. The number of amides is 1. The minimum Gasteiger partial charge on any atom is -0.465 e. The van der Waals surface area contributed by atoms with Gasteiger partial charge in [-0.3, -0.25) is 4.90 Å². The van der Waals surface area contributed by atoms with E-state index in [2.05, 4.69) is 4.90 Å². The maximum atomic E-state index is 11.4. The van der Waals surface area contributed by atoms with Crippen molar-refractivity contribution in [1.29, 1.82) is 0 Å². The van der Waals surface area contributed by atoms with Crippen LogP contribution in [0, 0.1) is 0 Å². The van der Waals surface area contributed by atoms with Crippen molar-refractivity contribution in [3.05, 3.63) is 35.9 Å². The molecule has 1 heterocycles. The molecule has 1 aliphatic heterocycles. The van der Waals surface area contributed by atoms with Gasteiger partial charge in [0.1, 0.15) is 0 Å². The highest BCUT2D eigenvalue weighted by Crippen LogP contribution is 2.33. The Bertz CT molecular complexity index is 406. The minimum absolute atomic E-state index is 0.0625. The van der Waals surface area contributed by atoms with Gasteiger partial charge in [-0.2, -0.15) is 0 Å². The molecule has 2 rings (SSSR count). The molecule has 1 amide bonds. The van der Waals surface area contributed by atoms with E-state index in [1.807, 2.05) is 44.4 Å². The van der Waals surface area contributed by atoms with E-state index < -0.39 is 6.09 Å². The van der Waals surface area contributed by atoms with Crippen LogP contribution in [0.1, 0.15) is 24.4 Å². The van der Waals surface area contributed by atoms with E-state index in [-0.39, 0.29) is 12.1 Å². The summed E-state index contributed by atoms with van der Waals surface area (Å²) < 4.78 is 0. The van der Waals surface area contributed by atoms with Crippen LogP contribution in [0.3, 0.4) is 0 Å². The Balaban J connectivity index is 2.35. The summed E-state index contributed by atoms with van der Waals surface area (Å²) in [6.07, 6.45) is 1.14. The number of nitrogens with zero attached hydrogens (tertiary/aromatic N) is 2. The number of carbonyl (C=O) groups is 1. The molecule has 1 aromatic rings. The van der Waals surface area contributed by atoms with Gasteiger partial charge >= 0.3 is 6.09 Å². The standard InChI is InChI=1S/C14H20N2O2/c1-15(2)12-9-6-10-16(14(17)18)13(12)11-7-4-3-5-8-11/h3-5,7-8,12-13H,6,9-10H2,1-2H3,(H,17,18). The number of hydrogen-bond donors (Lipinski definition) is 1. The van der Waals surface area contributed by atoms with Gasteiger partial charge in [0.2, 0.25) is 0 Å². The fourth-order valence-corrected chi connectivity index (χ4v) is 2.78. The largest absolute Gasteiger partial charge is 0.465 e. The monoisotopic (exact) mass is 248 g/mol. The van der Waals surface area contributed by atoms with Crippen LogP contribution < -0.4 is 0 Å². The molecule has 1 N–H and O–H groups in total. The summed E-state index contributed by atoms with van der Waals surface area (Å²) in [5.41, 5.74) is 1.08. The first-order chi connectivity index (χ1) is 8.61.